The van der Waals surface area contributed by atoms with Gasteiger partial charge in [0.05, 0.1) is 12.5 Å². The van der Waals surface area contributed by atoms with E-state index in [4.69, 9.17) is 4.74 Å². The number of rotatable bonds is 6. The van der Waals surface area contributed by atoms with E-state index in [0.29, 0.717) is 12.3 Å². The number of aryl methyl sites for hydroxylation is 2. The van der Waals surface area contributed by atoms with Gasteiger partial charge in [0.1, 0.15) is 0 Å². The molecule has 5 heteroatoms. The van der Waals surface area contributed by atoms with Crippen molar-refractivity contribution in [3.05, 3.63) is 63.8 Å². The molecule has 0 spiro atoms. The first-order valence-electron chi connectivity index (χ1n) is 9.23. The van der Waals surface area contributed by atoms with Crippen LogP contribution < -0.4 is 5.56 Å². The molecule has 0 N–H and O–H groups in total. The lowest BCUT2D eigenvalue weighted by Gasteiger charge is -2.27. The number of Topliss-reactive ketones (excluding diaryl/α,β-unsaturated/α-hetero) is 1. The van der Waals surface area contributed by atoms with Crippen LogP contribution in [0.15, 0.2) is 41.5 Å². The van der Waals surface area contributed by atoms with Gasteiger partial charge in [0, 0.05) is 37.4 Å². The highest BCUT2D eigenvalue weighted by atomic mass is 16.5. The predicted molar refractivity (Wildman–Crippen MR) is 100 cm³/mol. The number of aromatic nitrogens is 2. The summed E-state index contributed by atoms with van der Waals surface area (Å²) < 4.78 is 7.03. The summed E-state index contributed by atoms with van der Waals surface area (Å²) in [5.74, 6) is 0.440. The molecule has 0 bridgehead atoms. The Morgan fingerprint density at radius 3 is 2.65 bits per heavy atom. The monoisotopic (exact) mass is 354 g/mol. The summed E-state index contributed by atoms with van der Waals surface area (Å²) >= 11 is 0. The third-order valence-corrected chi connectivity index (χ3v) is 5.04. The maximum absolute atomic E-state index is 13.1. The van der Waals surface area contributed by atoms with Gasteiger partial charge >= 0.3 is 0 Å². The fourth-order valence-corrected chi connectivity index (χ4v) is 3.44. The second kappa shape index (κ2) is 8.41. The minimum absolute atomic E-state index is 0.0406. The van der Waals surface area contributed by atoms with Crippen LogP contribution in [0.5, 0.6) is 0 Å². The Hall–Kier alpha value is -2.27. The topological polar surface area (TPSA) is 61.2 Å². The van der Waals surface area contributed by atoms with Crippen molar-refractivity contribution in [2.75, 3.05) is 13.2 Å². The molecule has 1 aliphatic rings. The molecule has 0 saturated carbocycles. The smallest absolute Gasteiger partial charge is 0.251 e. The van der Waals surface area contributed by atoms with Gasteiger partial charge in [0.25, 0.3) is 5.56 Å². The number of hydrogen-bond acceptors (Lipinski definition) is 4. The van der Waals surface area contributed by atoms with Gasteiger partial charge < -0.3 is 9.30 Å². The van der Waals surface area contributed by atoms with E-state index in [2.05, 4.69) is 4.98 Å². The molecule has 0 aliphatic carbocycles. The fourth-order valence-electron chi connectivity index (χ4n) is 3.44. The van der Waals surface area contributed by atoms with E-state index in [9.17, 15) is 9.59 Å². The van der Waals surface area contributed by atoms with Crippen molar-refractivity contribution in [3.8, 4) is 0 Å². The van der Waals surface area contributed by atoms with E-state index in [1.807, 2.05) is 32.0 Å². The van der Waals surface area contributed by atoms with Crippen molar-refractivity contribution in [1.82, 2.24) is 9.55 Å². The molecule has 138 valence electrons. The number of ether oxygens (including phenoxy) is 1. The maximum atomic E-state index is 13.1. The van der Waals surface area contributed by atoms with Crippen molar-refractivity contribution in [1.29, 1.82) is 0 Å². The molecule has 2 aromatic rings. The molecule has 3 heterocycles. The maximum Gasteiger partial charge on any atom is 0.251 e. The van der Waals surface area contributed by atoms with Gasteiger partial charge in [-0.2, -0.15) is 0 Å². The lowest BCUT2D eigenvalue weighted by Crippen LogP contribution is -2.33. The number of carbonyl (C=O) groups is 1. The van der Waals surface area contributed by atoms with Crippen molar-refractivity contribution in [3.63, 3.8) is 0 Å². The molecule has 26 heavy (non-hydrogen) atoms. The van der Waals surface area contributed by atoms with Crippen LogP contribution in [-0.4, -0.2) is 28.5 Å². The normalized spacial score (nSPS) is 16.4. The van der Waals surface area contributed by atoms with Gasteiger partial charge in [-0.1, -0.05) is 6.07 Å². The van der Waals surface area contributed by atoms with Gasteiger partial charge in [0.15, 0.2) is 5.78 Å². The van der Waals surface area contributed by atoms with Gasteiger partial charge in [-0.15, -0.1) is 0 Å². The number of ketones is 1. The molecule has 0 unspecified atom stereocenters. The van der Waals surface area contributed by atoms with Crippen molar-refractivity contribution >= 4 is 5.78 Å². The summed E-state index contributed by atoms with van der Waals surface area (Å²) in [5.41, 5.74) is 2.60. The molecule has 1 atom stereocenters. The molecule has 0 aromatic carbocycles. The van der Waals surface area contributed by atoms with Crippen molar-refractivity contribution in [2.45, 2.75) is 45.6 Å². The fraction of sp³-hybridized carbons (Fsp3) is 0.476. The molecule has 1 aliphatic heterocycles. The minimum atomic E-state index is -0.450. The van der Waals surface area contributed by atoms with Crippen LogP contribution in [-0.2, 0) is 16.0 Å². The van der Waals surface area contributed by atoms with E-state index in [1.54, 1.807) is 23.0 Å². The Morgan fingerprint density at radius 2 is 2.00 bits per heavy atom. The third-order valence-electron chi connectivity index (χ3n) is 5.04. The zero-order valence-corrected chi connectivity index (χ0v) is 15.5. The molecule has 0 radical (unpaired) electrons. The van der Waals surface area contributed by atoms with Crippen LogP contribution in [0.4, 0.5) is 0 Å². The number of nitrogens with zero attached hydrogens (tertiary/aromatic N) is 2. The number of pyridine rings is 2. The van der Waals surface area contributed by atoms with Crippen LogP contribution in [0.25, 0.3) is 0 Å². The van der Waals surface area contributed by atoms with Gasteiger partial charge in [0.2, 0.25) is 0 Å². The van der Waals surface area contributed by atoms with Gasteiger partial charge in [-0.05, 0) is 62.3 Å². The molecular weight excluding hydrogens is 328 g/mol. The molecule has 3 rings (SSSR count). The Morgan fingerprint density at radius 1 is 1.23 bits per heavy atom. The lowest BCUT2D eigenvalue weighted by molar-refractivity contribution is -0.122. The number of hydrogen-bond donors (Lipinski definition) is 0. The van der Waals surface area contributed by atoms with Gasteiger partial charge in [-0.3, -0.25) is 14.6 Å². The van der Waals surface area contributed by atoms with E-state index >= 15 is 0 Å². The highest BCUT2D eigenvalue weighted by Crippen LogP contribution is 2.26. The van der Waals surface area contributed by atoms with Gasteiger partial charge in [-0.25, -0.2) is 0 Å². The summed E-state index contributed by atoms with van der Waals surface area (Å²) in [6.45, 7) is 5.32. The first-order valence-corrected chi connectivity index (χ1v) is 9.23. The Balaban J connectivity index is 1.84. The zero-order chi connectivity index (χ0) is 18.5. The third kappa shape index (κ3) is 4.67. The van der Waals surface area contributed by atoms with E-state index in [-0.39, 0.29) is 17.8 Å². The molecular formula is C21H26N2O3. The van der Waals surface area contributed by atoms with Crippen molar-refractivity contribution < 1.29 is 9.53 Å². The minimum Gasteiger partial charge on any atom is -0.381 e. The molecule has 0 amide bonds. The van der Waals surface area contributed by atoms with Crippen LogP contribution in [0.3, 0.4) is 0 Å². The highest BCUT2D eigenvalue weighted by Gasteiger charge is 2.27. The number of carbonyl (C=O) groups excluding carboxylic acids is 1. The largest absolute Gasteiger partial charge is 0.381 e. The molecule has 5 nitrogen and oxygen atoms in total. The van der Waals surface area contributed by atoms with E-state index in [1.165, 1.54) is 0 Å². The molecule has 2 aromatic heterocycles. The van der Waals surface area contributed by atoms with Crippen LogP contribution in [0.1, 0.15) is 42.1 Å². The predicted octanol–water partition coefficient (Wildman–Crippen LogP) is 3.03. The second-order valence-corrected chi connectivity index (χ2v) is 7.23. The summed E-state index contributed by atoms with van der Waals surface area (Å²) in [5, 5.41) is 0. The zero-order valence-electron chi connectivity index (χ0n) is 15.5. The van der Waals surface area contributed by atoms with E-state index < -0.39 is 6.04 Å². The van der Waals surface area contributed by atoms with Crippen LogP contribution >= 0.6 is 0 Å². The summed E-state index contributed by atoms with van der Waals surface area (Å²) in [4.78, 5) is 29.9. The SMILES string of the molecule is Cc1ccc(CC(=O)[C@H](CC2CCOCC2)n2ccc(C)cc2=O)nc1. The average molecular weight is 354 g/mol. The van der Waals surface area contributed by atoms with Crippen molar-refractivity contribution in [2.24, 2.45) is 5.92 Å². The molecule has 1 saturated heterocycles. The van der Waals surface area contributed by atoms with Crippen LogP contribution in [0.2, 0.25) is 0 Å². The second-order valence-electron chi connectivity index (χ2n) is 7.23. The quantitative estimate of drug-likeness (QED) is 0.800. The molecule has 1 fully saturated rings. The Kier molecular flexibility index (Phi) is 5.99. The van der Waals surface area contributed by atoms with E-state index in [0.717, 1.165) is 42.9 Å². The highest BCUT2D eigenvalue weighted by molar-refractivity contribution is 5.84. The Bertz CT molecular complexity index is 805. The first kappa shape index (κ1) is 18.5. The first-order chi connectivity index (χ1) is 12.5. The standard InChI is InChI=1S/C21H26N2O3/c1-15-5-8-23(21(25)11-15)19(12-17-6-9-26-10-7-17)20(24)13-18-4-3-16(2)14-22-18/h3-5,8,11,14,17,19H,6-7,9-10,12-13H2,1-2H3/t19-/m0/s1. The summed E-state index contributed by atoms with van der Waals surface area (Å²) in [6.07, 6.45) is 6.32. The van der Waals surface area contributed by atoms with Crippen LogP contribution in [0, 0.1) is 19.8 Å². The summed E-state index contributed by atoms with van der Waals surface area (Å²) in [6, 6.07) is 6.87. The average Bonchev–Trinajstić information content (AvgIpc) is 2.63. The summed E-state index contributed by atoms with van der Waals surface area (Å²) in [7, 11) is 0. The lowest BCUT2D eigenvalue weighted by atomic mass is 9.89. The Labute approximate surface area is 154 Å².